The number of ether oxygens (including phenoxy) is 1. The van der Waals surface area contributed by atoms with Crippen molar-refractivity contribution in [3.63, 3.8) is 0 Å². The molecule has 0 aliphatic rings. The summed E-state index contributed by atoms with van der Waals surface area (Å²) in [5.74, 6) is 0.491. The lowest BCUT2D eigenvalue weighted by atomic mass is 10.1. The Morgan fingerprint density at radius 3 is 2.48 bits per heavy atom. The molecule has 0 atom stereocenters. The molecule has 0 aliphatic heterocycles. The maximum absolute atomic E-state index is 13.1. The molecule has 5 nitrogen and oxygen atoms in total. The van der Waals surface area contributed by atoms with E-state index >= 15 is 0 Å². The van der Waals surface area contributed by atoms with Gasteiger partial charge in [-0.25, -0.2) is 4.68 Å². The topological polar surface area (TPSA) is 56.2 Å². The zero-order chi connectivity index (χ0) is 20.6. The van der Waals surface area contributed by atoms with Gasteiger partial charge in [0.2, 0.25) is 0 Å². The molecule has 0 bridgehead atoms. The molecular formula is C24H23N3O2. The highest BCUT2D eigenvalue weighted by molar-refractivity contribution is 6.08. The van der Waals surface area contributed by atoms with Crippen molar-refractivity contribution in [2.75, 3.05) is 12.4 Å². The van der Waals surface area contributed by atoms with Crippen LogP contribution >= 0.6 is 0 Å². The summed E-state index contributed by atoms with van der Waals surface area (Å²) < 4.78 is 6.85. The number of benzene rings is 2. The molecule has 1 aromatic heterocycles. The van der Waals surface area contributed by atoms with E-state index in [1.165, 1.54) is 0 Å². The van der Waals surface area contributed by atoms with Gasteiger partial charge in [0, 0.05) is 17.4 Å². The second kappa shape index (κ2) is 9.37. The van der Waals surface area contributed by atoms with Crippen molar-refractivity contribution in [3.05, 3.63) is 97.2 Å². The van der Waals surface area contributed by atoms with Gasteiger partial charge in [-0.05, 0) is 43.3 Å². The van der Waals surface area contributed by atoms with Crippen LogP contribution in [0, 0.1) is 0 Å². The van der Waals surface area contributed by atoms with Crippen LogP contribution in [0.5, 0.6) is 5.75 Å². The molecule has 3 rings (SSSR count). The SMILES string of the molecule is C=C/C=C(\C=C/C)n1cc(C(=O)Nc2ccc(OC)cc2)c(-c2ccccc2)n1. The molecule has 0 spiro atoms. The number of carbonyl (C=O) groups is 1. The van der Waals surface area contributed by atoms with Crippen molar-refractivity contribution < 1.29 is 9.53 Å². The molecule has 2 aromatic carbocycles. The number of amides is 1. The molecule has 29 heavy (non-hydrogen) atoms. The van der Waals surface area contributed by atoms with Crippen molar-refractivity contribution in [2.45, 2.75) is 6.92 Å². The van der Waals surface area contributed by atoms with Crippen molar-refractivity contribution in [3.8, 4) is 17.0 Å². The van der Waals surface area contributed by atoms with Gasteiger partial charge in [0.25, 0.3) is 5.91 Å². The highest BCUT2D eigenvalue weighted by Crippen LogP contribution is 2.25. The third-order valence-electron chi connectivity index (χ3n) is 4.24. The van der Waals surface area contributed by atoms with Gasteiger partial charge in [0.05, 0.1) is 18.4 Å². The first-order valence-electron chi connectivity index (χ1n) is 9.22. The average molecular weight is 385 g/mol. The predicted octanol–water partition coefficient (Wildman–Crippen LogP) is 5.41. The van der Waals surface area contributed by atoms with E-state index in [4.69, 9.17) is 4.74 Å². The number of anilines is 1. The Morgan fingerprint density at radius 2 is 1.86 bits per heavy atom. The number of methoxy groups -OCH3 is 1. The van der Waals surface area contributed by atoms with E-state index in [0.717, 1.165) is 17.0 Å². The minimum Gasteiger partial charge on any atom is -0.497 e. The molecule has 0 unspecified atom stereocenters. The quantitative estimate of drug-likeness (QED) is 0.553. The van der Waals surface area contributed by atoms with Gasteiger partial charge in [0.1, 0.15) is 11.4 Å². The first-order chi connectivity index (χ1) is 14.2. The van der Waals surface area contributed by atoms with E-state index in [2.05, 4.69) is 17.0 Å². The standard InChI is InChI=1S/C24H23N3O2/c1-4-9-20(10-5-2)27-17-22(23(26-27)18-11-7-6-8-12-18)24(28)25-19-13-15-21(29-3)16-14-19/h4-17H,1H2,2-3H3,(H,25,28)/b10-5-,20-9+. The van der Waals surface area contributed by atoms with Crippen molar-refractivity contribution >= 4 is 17.3 Å². The lowest BCUT2D eigenvalue weighted by Gasteiger charge is -2.06. The second-order valence-corrected chi connectivity index (χ2v) is 6.21. The van der Waals surface area contributed by atoms with Crippen LogP contribution in [0.25, 0.3) is 17.0 Å². The van der Waals surface area contributed by atoms with Crippen LogP contribution in [-0.4, -0.2) is 22.8 Å². The molecule has 5 heteroatoms. The Hall–Kier alpha value is -3.86. The Balaban J connectivity index is 2.01. The van der Waals surface area contributed by atoms with Gasteiger partial charge in [-0.15, -0.1) is 0 Å². The summed E-state index contributed by atoms with van der Waals surface area (Å²) in [6.45, 7) is 5.69. The minimum atomic E-state index is -0.237. The fraction of sp³-hybridized carbons (Fsp3) is 0.0833. The van der Waals surface area contributed by atoms with Gasteiger partial charge in [-0.1, -0.05) is 49.1 Å². The lowest BCUT2D eigenvalue weighted by Crippen LogP contribution is -2.12. The summed E-state index contributed by atoms with van der Waals surface area (Å²) in [5, 5.41) is 7.61. The number of hydrogen-bond donors (Lipinski definition) is 1. The van der Waals surface area contributed by atoms with E-state index in [1.54, 1.807) is 48.3 Å². The number of rotatable bonds is 7. The molecule has 3 aromatic rings. The highest BCUT2D eigenvalue weighted by Gasteiger charge is 2.19. The molecule has 0 radical (unpaired) electrons. The number of carbonyl (C=O) groups excluding carboxylic acids is 1. The Kier molecular flexibility index (Phi) is 6.43. The smallest absolute Gasteiger partial charge is 0.259 e. The maximum Gasteiger partial charge on any atom is 0.259 e. The van der Waals surface area contributed by atoms with Crippen molar-refractivity contribution in [2.24, 2.45) is 0 Å². The minimum absolute atomic E-state index is 0.237. The molecule has 0 saturated heterocycles. The van der Waals surface area contributed by atoms with Crippen molar-refractivity contribution in [1.82, 2.24) is 9.78 Å². The van der Waals surface area contributed by atoms with E-state index in [0.29, 0.717) is 16.9 Å². The molecule has 0 saturated carbocycles. The zero-order valence-corrected chi connectivity index (χ0v) is 16.5. The van der Waals surface area contributed by atoms with Gasteiger partial charge in [-0.2, -0.15) is 5.10 Å². The summed E-state index contributed by atoms with van der Waals surface area (Å²) in [6.07, 6.45) is 9.09. The lowest BCUT2D eigenvalue weighted by molar-refractivity contribution is 0.102. The van der Waals surface area contributed by atoms with E-state index in [-0.39, 0.29) is 5.91 Å². The van der Waals surface area contributed by atoms with Crippen LogP contribution in [0.1, 0.15) is 17.3 Å². The van der Waals surface area contributed by atoms with Gasteiger partial charge in [-0.3, -0.25) is 4.79 Å². The number of hydrogen-bond acceptors (Lipinski definition) is 3. The molecule has 1 heterocycles. The van der Waals surface area contributed by atoms with Gasteiger partial charge >= 0.3 is 0 Å². The van der Waals surface area contributed by atoms with Crippen LogP contribution in [0.3, 0.4) is 0 Å². The molecule has 1 amide bonds. The summed E-state index contributed by atoms with van der Waals surface area (Å²) >= 11 is 0. The van der Waals surface area contributed by atoms with E-state index < -0.39 is 0 Å². The summed E-state index contributed by atoms with van der Waals surface area (Å²) in [5.41, 5.74) is 3.44. The number of nitrogens with zero attached hydrogens (tertiary/aromatic N) is 2. The average Bonchev–Trinajstić information content (AvgIpc) is 3.20. The summed E-state index contributed by atoms with van der Waals surface area (Å²) in [6, 6.07) is 16.8. The largest absolute Gasteiger partial charge is 0.497 e. The predicted molar refractivity (Wildman–Crippen MR) is 118 cm³/mol. The molecule has 146 valence electrons. The van der Waals surface area contributed by atoms with Crippen LogP contribution < -0.4 is 10.1 Å². The van der Waals surface area contributed by atoms with E-state index in [9.17, 15) is 4.79 Å². The zero-order valence-electron chi connectivity index (χ0n) is 16.5. The van der Waals surface area contributed by atoms with Crippen LogP contribution in [0.2, 0.25) is 0 Å². The van der Waals surface area contributed by atoms with E-state index in [1.807, 2.05) is 55.5 Å². The van der Waals surface area contributed by atoms with Gasteiger partial charge in [0.15, 0.2) is 0 Å². The molecule has 1 N–H and O–H groups in total. The van der Waals surface area contributed by atoms with Gasteiger partial charge < -0.3 is 10.1 Å². The normalized spacial score (nSPS) is 11.4. The summed E-state index contributed by atoms with van der Waals surface area (Å²) in [4.78, 5) is 13.1. The number of aromatic nitrogens is 2. The second-order valence-electron chi connectivity index (χ2n) is 6.21. The molecule has 0 aliphatic carbocycles. The molecular weight excluding hydrogens is 362 g/mol. The number of allylic oxidation sites excluding steroid dienone is 5. The molecule has 0 fully saturated rings. The summed E-state index contributed by atoms with van der Waals surface area (Å²) in [7, 11) is 1.60. The third kappa shape index (κ3) is 4.71. The third-order valence-corrected chi connectivity index (χ3v) is 4.24. The fourth-order valence-electron chi connectivity index (χ4n) is 2.85. The van der Waals surface area contributed by atoms with Crippen LogP contribution in [-0.2, 0) is 0 Å². The highest BCUT2D eigenvalue weighted by atomic mass is 16.5. The maximum atomic E-state index is 13.1. The Bertz CT molecular complexity index is 1050. The van der Waals surface area contributed by atoms with Crippen molar-refractivity contribution in [1.29, 1.82) is 0 Å². The first-order valence-corrected chi connectivity index (χ1v) is 9.22. The number of nitrogens with one attached hydrogen (secondary N) is 1. The van der Waals surface area contributed by atoms with Crippen LogP contribution in [0.15, 0.2) is 91.7 Å². The Morgan fingerprint density at radius 1 is 1.14 bits per heavy atom. The Labute approximate surface area is 170 Å². The first kappa shape index (κ1) is 19.9. The monoisotopic (exact) mass is 385 g/mol. The fourth-order valence-corrected chi connectivity index (χ4v) is 2.85. The van der Waals surface area contributed by atoms with Crippen LogP contribution in [0.4, 0.5) is 5.69 Å².